The van der Waals surface area contributed by atoms with Crippen molar-refractivity contribution < 1.29 is 14.8 Å². The van der Waals surface area contributed by atoms with Gasteiger partial charge in [0, 0.05) is 24.0 Å². The summed E-state index contributed by atoms with van der Waals surface area (Å²) in [6.45, 7) is 7.53. The third-order valence-electron chi connectivity index (χ3n) is 6.24. The van der Waals surface area contributed by atoms with Crippen molar-refractivity contribution in [3.8, 4) is 5.75 Å². The summed E-state index contributed by atoms with van der Waals surface area (Å²) < 4.78 is 11.5. The lowest BCUT2D eigenvalue weighted by molar-refractivity contribution is -0.672. The van der Waals surface area contributed by atoms with Crippen molar-refractivity contribution in [3.63, 3.8) is 0 Å². The molecular weight excluding hydrogens is 334 g/mol. The molecule has 2 aromatic rings. The van der Waals surface area contributed by atoms with Crippen LogP contribution in [0.4, 0.5) is 0 Å². The van der Waals surface area contributed by atoms with Gasteiger partial charge in [-0.1, -0.05) is 49.4 Å². The van der Waals surface area contributed by atoms with Gasteiger partial charge in [0.15, 0.2) is 0 Å². The van der Waals surface area contributed by atoms with Gasteiger partial charge in [-0.3, -0.25) is 0 Å². The highest BCUT2D eigenvalue weighted by Crippen LogP contribution is 2.45. The van der Waals surface area contributed by atoms with Crippen LogP contribution in [0, 0.1) is 0 Å². The number of methoxy groups -OCH3 is 1. The summed E-state index contributed by atoms with van der Waals surface area (Å²) in [5, 5.41) is 2.44. The fraction of sp³-hybridized carbons (Fsp3) is 0.500. The minimum atomic E-state index is -0.0302. The molecule has 0 saturated carbocycles. The number of nitrogens with two attached hydrogens (primary N) is 1. The molecule has 0 unspecified atom stereocenters. The highest BCUT2D eigenvalue weighted by Gasteiger charge is 2.43. The van der Waals surface area contributed by atoms with Crippen molar-refractivity contribution >= 4 is 0 Å². The van der Waals surface area contributed by atoms with Crippen LogP contribution in [-0.4, -0.2) is 25.9 Å². The molecule has 2 aromatic carbocycles. The van der Waals surface area contributed by atoms with Gasteiger partial charge in [-0.05, 0) is 43.9 Å². The fourth-order valence-electron chi connectivity index (χ4n) is 4.38. The smallest absolute Gasteiger partial charge is 0.118 e. The van der Waals surface area contributed by atoms with Gasteiger partial charge in [-0.2, -0.15) is 0 Å². The highest BCUT2D eigenvalue weighted by molar-refractivity contribution is 5.33. The van der Waals surface area contributed by atoms with Gasteiger partial charge >= 0.3 is 0 Å². The Kier molecular flexibility index (Phi) is 6.56. The van der Waals surface area contributed by atoms with E-state index in [0.29, 0.717) is 0 Å². The largest absolute Gasteiger partial charge is 0.497 e. The van der Waals surface area contributed by atoms with Crippen LogP contribution in [0.2, 0.25) is 0 Å². The molecule has 3 nitrogen and oxygen atoms in total. The summed E-state index contributed by atoms with van der Waals surface area (Å²) in [5.74, 6) is 0.926. The molecule has 1 fully saturated rings. The normalized spacial score (nSPS) is 25.3. The van der Waals surface area contributed by atoms with Crippen LogP contribution in [0.1, 0.15) is 50.7 Å². The number of benzene rings is 2. The SMILES string of the molecule is CC[C@@]1(C)C[C@](CC[NH2+]Cc2ccccc2)(c2ccc(OC)cc2)CCO1. The van der Waals surface area contributed by atoms with Gasteiger partial charge in [0.2, 0.25) is 0 Å². The first-order chi connectivity index (χ1) is 13.1. The number of rotatable bonds is 8. The van der Waals surface area contributed by atoms with E-state index >= 15 is 0 Å². The predicted molar refractivity (Wildman–Crippen MR) is 110 cm³/mol. The van der Waals surface area contributed by atoms with Crippen LogP contribution in [0.25, 0.3) is 0 Å². The molecule has 0 radical (unpaired) electrons. The van der Waals surface area contributed by atoms with E-state index in [0.717, 1.165) is 44.7 Å². The molecule has 0 aromatic heterocycles. The van der Waals surface area contributed by atoms with Crippen LogP contribution in [0.5, 0.6) is 5.75 Å². The Morgan fingerprint density at radius 1 is 1.07 bits per heavy atom. The highest BCUT2D eigenvalue weighted by atomic mass is 16.5. The molecule has 146 valence electrons. The van der Waals surface area contributed by atoms with Crippen molar-refractivity contribution in [3.05, 3.63) is 65.7 Å². The molecule has 0 amide bonds. The molecular formula is C24H34NO2+. The Morgan fingerprint density at radius 3 is 2.48 bits per heavy atom. The van der Waals surface area contributed by atoms with Crippen LogP contribution < -0.4 is 10.1 Å². The summed E-state index contributed by atoms with van der Waals surface area (Å²) in [6.07, 6.45) is 4.40. The second-order valence-corrected chi connectivity index (χ2v) is 8.10. The Labute approximate surface area is 164 Å². The van der Waals surface area contributed by atoms with E-state index in [9.17, 15) is 0 Å². The van der Waals surface area contributed by atoms with Crippen molar-refractivity contribution in [2.75, 3.05) is 20.3 Å². The Hall–Kier alpha value is -1.84. The van der Waals surface area contributed by atoms with Crippen molar-refractivity contribution in [1.82, 2.24) is 0 Å². The number of ether oxygens (including phenoxy) is 2. The van der Waals surface area contributed by atoms with Crippen molar-refractivity contribution in [1.29, 1.82) is 0 Å². The number of hydrogen-bond acceptors (Lipinski definition) is 2. The van der Waals surface area contributed by atoms with Crippen molar-refractivity contribution in [2.45, 2.75) is 57.1 Å². The Morgan fingerprint density at radius 2 is 1.81 bits per heavy atom. The quantitative estimate of drug-likeness (QED) is 0.713. The Bertz CT molecular complexity index is 700. The maximum absolute atomic E-state index is 6.18. The van der Waals surface area contributed by atoms with Crippen LogP contribution in [0.3, 0.4) is 0 Å². The summed E-state index contributed by atoms with van der Waals surface area (Å²) in [7, 11) is 1.73. The maximum atomic E-state index is 6.18. The lowest BCUT2D eigenvalue weighted by Crippen LogP contribution is -2.83. The molecule has 0 bridgehead atoms. The molecule has 1 heterocycles. The molecule has 0 aliphatic carbocycles. The molecule has 2 N–H and O–H groups in total. The number of quaternary nitrogens is 1. The third-order valence-corrected chi connectivity index (χ3v) is 6.24. The molecule has 3 rings (SSSR count). The van der Waals surface area contributed by atoms with Gasteiger partial charge in [0.05, 0.1) is 19.3 Å². The maximum Gasteiger partial charge on any atom is 0.118 e. The molecule has 1 aliphatic rings. The summed E-state index contributed by atoms with van der Waals surface area (Å²) in [5.41, 5.74) is 2.97. The predicted octanol–water partition coefficient (Wildman–Crippen LogP) is 4.07. The minimum Gasteiger partial charge on any atom is -0.497 e. The first kappa shape index (κ1) is 19.9. The van der Waals surface area contributed by atoms with Gasteiger partial charge in [-0.25, -0.2) is 0 Å². The molecule has 1 aliphatic heterocycles. The molecule has 2 atom stereocenters. The average molecular weight is 369 g/mol. The zero-order valence-electron chi connectivity index (χ0n) is 17.0. The first-order valence-corrected chi connectivity index (χ1v) is 10.2. The third kappa shape index (κ3) is 4.91. The Balaban J connectivity index is 1.73. The van der Waals surface area contributed by atoms with E-state index < -0.39 is 0 Å². The van der Waals surface area contributed by atoms with Gasteiger partial charge in [-0.15, -0.1) is 0 Å². The lowest BCUT2D eigenvalue weighted by atomic mass is 9.66. The van der Waals surface area contributed by atoms with E-state index in [1.165, 1.54) is 17.5 Å². The van der Waals surface area contributed by atoms with Crippen molar-refractivity contribution in [2.24, 2.45) is 0 Å². The van der Waals surface area contributed by atoms with Gasteiger partial charge in [0.25, 0.3) is 0 Å². The second-order valence-electron chi connectivity index (χ2n) is 8.10. The van der Waals surface area contributed by atoms with Gasteiger partial charge in [0.1, 0.15) is 12.3 Å². The van der Waals surface area contributed by atoms with E-state index in [1.54, 1.807) is 7.11 Å². The van der Waals surface area contributed by atoms with Crippen LogP contribution >= 0.6 is 0 Å². The summed E-state index contributed by atoms with van der Waals surface area (Å²) >= 11 is 0. The first-order valence-electron chi connectivity index (χ1n) is 10.2. The standard InChI is InChI=1S/C24H33NO2/c1-4-23(2)19-24(15-17-27-23,21-10-12-22(26-3)13-11-21)14-16-25-18-20-8-6-5-7-9-20/h5-13,25H,4,14-19H2,1-3H3/p+1/t23-,24+/m0/s1. The molecule has 3 heteroatoms. The second kappa shape index (κ2) is 8.90. The van der Waals surface area contributed by atoms with E-state index in [-0.39, 0.29) is 11.0 Å². The summed E-state index contributed by atoms with van der Waals surface area (Å²) in [6, 6.07) is 19.5. The fourth-order valence-corrected chi connectivity index (χ4v) is 4.38. The lowest BCUT2D eigenvalue weighted by Gasteiger charge is -2.46. The van der Waals surface area contributed by atoms with E-state index in [1.807, 2.05) is 0 Å². The average Bonchev–Trinajstić information content (AvgIpc) is 2.72. The zero-order chi connectivity index (χ0) is 19.2. The minimum absolute atomic E-state index is 0.0302. The molecule has 1 saturated heterocycles. The summed E-state index contributed by atoms with van der Waals surface area (Å²) in [4.78, 5) is 0. The molecule has 0 spiro atoms. The zero-order valence-corrected chi connectivity index (χ0v) is 17.0. The van der Waals surface area contributed by atoms with E-state index in [4.69, 9.17) is 9.47 Å². The molecule has 27 heavy (non-hydrogen) atoms. The van der Waals surface area contributed by atoms with Crippen LogP contribution in [-0.2, 0) is 16.7 Å². The number of hydrogen-bond donors (Lipinski definition) is 1. The topological polar surface area (TPSA) is 35.1 Å². The van der Waals surface area contributed by atoms with E-state index in [2.05, 4.69) is 73.8 Å². The monoisotopic (exact) mass is 368 g/mol. The van der Waals surface area contributed by atoms with Crippen LogP contribution in [0.15, 0.2) is 54.6 Å². The van der Waals surface area contributed by atoms with Gasteiger partial charge < -0.3 is 14.8 Å².